The van der Waals surface area contributed by atoms with E-state index in [-0.39, 0.29) is 5.91 Å². The number of aryl methyl sites for hydroxylation is 1. The number of hydrogen-bond donors (Lipinski definition) is 2. The average molecular weight is 326 g/mol. The summed E-state index contributed by atoms with van der Waals surface area (Å²) >= 11 is 0. The Hall–Kier alpha value is -2.43. The highest BCUT2D eigenvalue weighted by Crippen LogP contribution is 2.06. The molecule has 1 aromatic carbocycles. The van der Waals surface area contributed by atoms with Gasteiger partial charge in [0.2, 0.25) is 5.95 Å². The lowest BCUT2D eigenvalue weighted by Crippen LogP contribution is -2.26. The summed E-state index contributed by atoms with van der Waals surface area (Å²) in [6.45, 7) is 5.43. The van der Waals surface area contributed by atoms with Gasteiger partial charge in [-0.15, -0.1) is 0 Å². The van der Waals surface area contributed by atoms with Crippen LogP contribution in [0.4, 0.5) is 5.95 Å². The predicted octanol–water partition coefficient (Wildman–Crippen LogP) is 3.36. The molecule has 1 aromatic heterocycles. The van der Waals surface area contributed by atoms with E-state index in [0.717, 1.165) is 37.9 Å². The van der Waals surface area contributed by atoms with Gasteiger partial charge in [-0.3, -0.25) is 4.79 Å². The van der Waals surface area contributed by atoms with Crippen LogP contribution in [0.2, 0.25) is 0 Å². The van der Waals surface area contributed by atoms with Gasteiger partial charge in [0.1, 0.15) is 5.69 Å². The van der Waals surface area contributed by atoms with Crippen LogP contribution >= 0.6 is 0 Å². The van der Waals surface area contributed by atoms with E-state index in [1.165, 1.54) is 5.56 Å². The quantitative estimate of drug-likeness (QED) is 0.693. The molecule has 1 amide bonds. The fourth-order valence-corrected chi connectivity index (χ4v) is 2.39. The normalized spacial score (nSPS) is 10.4. The molecular weight excluding hydrogens is 300 g/mol. The number of nitrogens with one attached hydrogen (secondary N) is 2. The molecule has 128 valence electrons. The summed E-state index contributed by atoms with van der Waals surface area (Å²) in [5.41, 5.74) is 2.46. The number of carbonyl (C=O) groups is 1. The van der Waals surface area contributed by atoms with E-state index in [9.17, 15) is 4.79 Å². The van der Waals surface area contributed by atoms with Crippen LogP contribution in [-0.2, 0) is 6.42 Å². The molecule has 0 radical (unpaired) electrons. The molecule has 0 aliphatic rings. The Morgan fingerprint density at radius 1 is 1.08 bits per heavy atom. The molecule has 5 nitrogen and oxygen atoms in total. The molecule has 2 rings (SSSR count). The highest BCUT2D eigenvalue weighted by atomic mass is 16.1. The van der Waals surface area contributed by atoms with Crippen molar-refractivity contribution in [2.24, 2.45) is 0 Å². The summed E-state index contributed by atoms with van der Waals surface area (Å²) in [6, 6.07) is 12.0. The molecular formula is C19H26N4O. The van der Waals surface area contributed by atoms with Crippen LogP contribution in [0.1, 0.15) is 47.9 Å². The van der Waals surface area contributed by atoms with Crippen molar-refractivity contribution in [1.29, 1.82) is 0 Å². The fourth-order valence-electron chi connectivity index (χ4n) is 2.39. The number of unbranched alkanes of at least 4 members (excludes halogenated alkanes) is 2. The van der Waals surface area contributed by atoms with Crippen molar-refractivity contribution in [3.05, 3.63) is 53.3 Å². The SMILES string of the molecule is CCCCCNC(=O)c1cc(C)nc(NCCc2ccccc2)n1. The number of aromatic nitrogens is 2. The van der Waals surface area contributed by atoms with Gasteiger partial charge in [-0.25, -0.2) is 9.97 Å². The minimum atomic E-state index is -0.136. The largest absolute Gasteiger partial charge is 0.354 e. The average Bonchev–Trinajstić information content (AvgIpc) is 2.59. The highest BCUT2D eigenvalue weighted by molar-refractivity contribution is 5.92. The number of carbonyl (C=O) groups excluding carboxylic acids is 1. The van der Waals surface area contributed by atoms with Crippen molar-refractivity contribution < 1.29 is 4.79 Å². The zero-order chi connectivity index (χ0) is 17.2. The Morgan fingerprint density at radius 3 is 2.62 bits per heavy atom. The number of nitrogens with zero attached hydrogens (tertiary/aromatic N) is 2. The second-order valence-electron chi connectivity index (χ2n) is 5.84. The van der Waals surface area contributed by atoms with E-state index in [1.54, 1.807) is 6.07 Å². The first kappa shape index (κ1) is 17.9. The van der Waals surface area contributed by atoms with Gasteiger partial charge in [0.15, 0.2) is 0 Å². The number of benzene rings is 1. The first-order chi connectivity index (χ1) is 11.7. The zero-order valence-electron chi connectivity index (χ0n) is 14.5. The van der Waals surface area contributed by atoms with Crippen LogP contribution in [-0.4, -0.2) is 29.0 Å². The molecule has 24 heavy (non-hydrogen) atoms. The van der Waals surface area contributed by atoms with E-state index in [1.807, 2.05) is 25.1 Å². The molecule has 0 spiro atoms. The van der Waals surface area contributed by atoms with Crippen molar-refractivity contribution in [2.45, 2.75) is 39.5 Å². The first-order valence-corrected chi connectivity index (χ1v) is 8.60. The summed E-state index contributed by atoms with van der Waals surface area (Å²) in [5, 5.41) is 6.12. The Bertz CT molecular complexity index is 643. The second kappa shape index (κ2) is 9.65. The summed E-state index contributed by atoms with van der Waals surface area (Å²) in [4.78, 5) is 20.9. The smallest absolute Gasteiger partial charge is 0.270 e. The van der Waals surface area contributed by atoms with E-state index >= 15 is 0 Å². The van der Waals surface area contributed by atoms with E-state index < -0.39 is 0 Å². The van der Waals surface area contributed by atoms with Crippen molar-refractivity contribution >= 4 is 11.9 Å². The Balaban J connectivity index is 1.89. The Kier molecular flexibility index (Phi) is 7.21. The maximum Gasteiger partial charge on any atom is 0.270 e. The van der Waals surface area contributed by atoms with Crippen molar-refractivity contribution in [1.82, 2.24) is 15.3 Å². The standard InChI is InChI=1S/C19H26N4O/c1-3-4-8-12-20-18(24)17-14-15(2)22-19(23-17)21-13-11-16-9-6-5-7-10-16/h5-7,9-10,14H,3-4,8,11-13H2,1-2H3,(H,20,24)(H,21,22,23). The third kappa shape index (κ3) is 5.99. The number of hydrogen-bond acceptors (Lipinski definition) is 4. The van der Waals surface area contributed by atoms with Crippen molar-refractivity contribution in [3.63, 3.8) is 0 Å². The summed E-state index contributed by atoms with van der Waals surface area (Å²) in [5.74, 6) is 0.368. The Morgan fingerprint density at radius 2 is 1.88 bits per heavy atom. The van der Waals surface area contributed by atoms with Crippen LogP contribution in [0.3, 0.4) is 0 Å². The lowest BCUT2D eigenvalue weighted by Gasteiger charge is -2.09. The molecule has 0 aliphatic heterocycles. The van der Waals surface area contributed by atoms with Gasteiger partial charge in [-0.1, -0.05) is 50.1 Å². The summed E-state index contributed by atoms with van der Waals surface area (Å²) < 4.78 is 0. The topological polar surface area (TPSA) is 66.9 Å². The van der Waals surface area contributed by atoms with E-state index in [2.05, 4.69) is 39.7 Å². The highest BCUT2D eigenvalue weighted by Gasteiger charge is 2.10. The number of anilines is 1. The fraction of sp³-hybridized carbons (Fsp3) is 0.421. The van der Waals surface area contributed by atoms with Gasteiger partial charge in [0.05, 0.1) is 0 Å². The Labute approximate surface area is 143 Å². The van der Waals surface area contributed by atoms with Gasteiger partial charge >= 0.3 is 0 Å². The van der Waals surface area contributed by atoms with Crippen LogP contribution in [0, 0.1) is 6.92 Å². The summed E-state index contributed by atoms with van der Waals surface area (Å²) in [6.07, 6.45) is 4.14. The second-order valence-corrected chi connectivity index (χ2v) is 5.84. The van der Waals surface area contributed by atoms with Crippen LogP contribution in [0.25, 0.3) is 0 Å². The molecule has 2 aromatic rings. The molecule has 0 bridgehead atoms. The van der Waals surface area contributed by atoms with Gasteiger partial charge in [-0.2, -0.15) is 0 Å². The molecule has 5 heteroatoms. The molecule has 0 aliphatic carbocycles. The summed E-state index contributed by atoms with van der Waals surface area (Å²) in [7, 11) is 0. The monoisotopic (exact) mass is 326 g/mol. The van der Waals surface area contributed by atoms with Crippen molar-refractivity contribution in [3.8, 4) is 0 Å². The third-order valence-corrected chi connectivity index (χ3v) is 3.69. The lowest BCUT2D eigenvalue weighted by atomic mass is 10.1. The van der Waals surface area contributed by atoms with Crippen LogP contribution < -0.4 is 10.6 Å². The number of amides is 1. The molecule has 0 saturated carbocycles. The zero-order valence-corrected chi connectivity index (χ0v) is 14.5. The maximum atomic E-state index is 12.2. The van der Waals surface area contributed by atoms with Gasteiger partial charge in [0.25, 0.3) is 5.91 Å². The first-order valence-electron chi connectivity index (χ1n) is 8.60. The van der Waals surface area contributed by atoms with E-state index in [4.69, 9.17) is 0 Å². The minimum Gasteiger partial charge on any atom is -0.354 e. The molecule has 2 N–H and O–H groups in total. The van der Waals surface area contributed by atoms with Gasteiger partial charge < -0.3 is 10.6 Å². The molecule has 0 fully saturated rings. The van der Waals surface area contributed by atoms with Gasteiger partial charge in [0, 0.05) is 18.8 Å². The maximum absolute atomic E-state index is 12.2. The lowest BCUT2D eigenvalue weighted by molar-refractivity contribution is 0.0948. The van der Waals surface area contributed by atoms with E-state index in [0.29, 0.717) is 18.2 Å². The predicted molar refractivity (Wildman–Crippen MR) is 97.3 cm³/mol. The molecule has 0 atom stereocenters. The number of rotatable bonds is 9. The molecule has 1 heterocycles. The van der Waals surface area contributed by atoms with Crippen molar-refractivity contribution in [2.75, 3.05) is 18.4 Å². The molecule has 0 unspecified atom stereocenters. The molecule has 0 saturated heterocycles. The van der Waals surface area contributed by atoms with Crippen LogP contribution in [0.15, 0.2) is 36.4 Å². The third-order valence-electron chi connectivity index (χ3n) is 3.69. The minimum absolute atomic E-state index is 0.136. The van der Waals surface area contributed by atoms with Gasteiger partial charge in [-0.05, 0) is 31.4 Å². The van der Waals surface area contributed by atoms with Crippen LogP contribution in [0.5, 0.6) is 0 Å².